The molecule has 3 rings (SSSR count). The fraction of sp³-hybridized carbons (Fsp3) is 0.467. The predicted octanol–water partition coefficient (Wildman–Crippen LogP) is 2.30. The average molecular weight is 288 g/mol. The molecule has 0 aliphatic carbocycles. The summed E-state index contributed by atoms with van der Waals surface area (Å²) in [7, 11) is 3.24. The van der Waals surface area contributed by atoms with Gasteiger partial charge in [-0.15, -0.1) is 0 Å². The van der Waals surface area contributed by atoms with E-state index in [1.165, 1.54) is 12.8 Å². The number of nitrogens with one attached hydrogen (secondary N) is 2. The number of benzene rings is 1. The van der Waals surface area contributed by atoms with Crippen molar-refractivity contribution in [2.24, 2.45) is 0 Å². The van der Waals surface area contributed by atoms with Gasteiger partial charge in [0, 0.05) is 5.56 Å². The lowest BCUT2D eigenvalue weighted by Crippen LogP contribution is -2.27. The van der Waals surface area contributed by atoms with Gasteiger partial charge in [-0.1, -0.05) is 6.42 Å². The minimum atomic E-state index is 0.278. The van der Waals surface area contributed by atoms with Gasteiger partial charge in [-0.25, -0.2) is 4.98 Å². The van der Waals surface area contributed by atoms with Gasteiger partial charge in [0.2, 0.25) is 0 Å². The molecule has 0 amide bonds. The number of rotatable bonds is 4. The second-order valence-corrected chi connectivity index (χ2v) is 5.12. The minimum Gasteiger partial charge on any atom is -0.493 e. The highest BCUT2D eigenvalue weighted by Crippen LogP contribution is 2.31. The van der Waals surface area contributed by atoms with E-state index in [0.29, 0.717) is 17.3 Å². The van der Waals surface area contributed by atoms with Crippen LogP contribution < -0.4 is 14.8 Å². The Morgan fingerprint density at radius 3 is 2.71 bits per heavy atom. The van der Waals surface area contributed by atoms with Gasteiger partial charge in [0.15, 0.2) is 17.3 Å². The molecule has 0 saturated carbocycles. The van der Waals surface area contributed by atoms with Crippen LogP contribution in [0.5, 0.6) is 11.5 Å². The summed E-state index contributed by atoms with van der Waals surface area (Å²) in [5.74, 6) is 2.96. The number of hydrogen-bond donors (Lipinski definition) is 2. The van der Waals surface area contributed by atoms with Crippen LogP contribution in [0.25, 0.3) is 11.4 Å². The van der Waals surface area contributed by atoms with Crippen molar-refractivity contribution in [3.8, 4) is 22.9 Å². The first-order valence-corrected chi connectivity index (χ1v) is 7.20. The molecule has 6 nitrogen and oxygen atoms in total. The molecule has 21 heavy (non-hydrogen) atoms. The molecule has 1 aliphatic heterocycles. The molecule has 2 heterocycles. The van der Waals surface area contributed by atoms with E-state index in [2.05, 4.69) is 20.5 Å². The van der Waals surface area contributed by atoms with E-state index in [0.717, 1.165) is 24.4 Å². The number of aromatic nitrogens is 3. The molecule has 0 radical (unpaired) electrons. The summed E-state index contributed by atoms with van der Waals surface area (Å²) in [6.07, 6.45) is 3.55. The van der Waals surface area contributed by atoms with Crippen molar-refractivity contribution in [3.05, 3.63) is 24.0 Å². The standard InChI is InChI=1S/C15H20N4O2/c1-20-12-7-6-10(9-13(12)21-2)14-17-15(19-18-14)11-5-3-4-8-16-11/h6-7,9,11,16H,3-5,8H2,1-2H3,(H,17,18,19). The van der Waals surface area contributed by atoms with Crippen LogP contribution in [0.2, 0.25) is 0 Å². The molecular formula is C15H20N4O2. The van der Waals surface area contributed by atoms with Crippen molar-refractivity contribution in [2.75, 3.05) is 20.8 Å². The summed E-state index contributed by atoms with van der Waals surface area (Å²) >= 11 is 0. The van der Waals surface area contributed by atoms with Crippen molar-refractivity contribution in [3.63, 3.8) is 0 Å². The zero-order chi connectivity index (χ0) is 14.7. The maximum absolute atomic E-state index is 5.32. The number of ether oxygens (including phenoxy) is 2. The van der Waals surface area contributed by atoms with Gasteiger partial charge in [0.05, 0.1) is 20.3 Å². The Labute approximate surface area is 123 Å². The van der Waals surface area contributed by atoms with Crippen molar-refractivity contribution in [2.45, 2.75) is 25.3 Å². The van der Waals surface area contributed by atoms with Gasteiger partial charge in [0.25, 0.3) is 0 Å². The Bertz CT molecular complexity index is 605. The zero-order valence-corrected chi connectivity index (χ0v) is 12.3. The summed E-state index contributed by atoms with van der Waals surface area (Å²) in [4.78, 5) is 4.61. The third kappa shape index (κ3) is 2.85. The number of nitrogens with zero attached hydrogens (tertiary/aromatic N) is 2. The number of aromatic amines is 1. The molecule has 2 N–H and O–H groups in total. The summed E-state index contributed by atoms with van der Waals surface area (Å²) < 4.78 is 10.6. The molecule has 112 valence electrons. The van der Waals surface area contributed by atoms with E-state index in [9.17, 15) is 0 Å². The molecule has 1 atom stereocenters. The molecule has 1 unspecified atom stereocenters. The lowest BCUT2D eigenvalue weighted by Gasteiger charge is -2.20. The van der Waals surface area contributed by atoms with E-state index in [-0.39, 0.29) is 6.04 Å². The van der Waals surface area contributed by atoms with E-state index in [1.54, 1.807) is 14.2 Å². The third-order valence-electron chi connectivity index (χ3n) is 3.78. The van der Waals surface area contributed by atoms with E-state index in [4.69, 9.17) is 9.47 Å². The van der Waals surface area contributed by atoms with E-state index in [1.807, 2.05) is 18.2 Å². The molecule has 1 aromatic carbocycles. The Balaban J connectivity index is 1.85. The number of hydrogen-bond acceptors (Lipinski definition) is 5. The molecule has 0 spiro atoms. The quantitative estimate of drug-likeness (QED) is 0.903. The van der Waals surface area contributed by atoms with E-state index < -0.39 is 0 Å². The van der Waals surface area contributed by atoms with E-state index >= 15 is 0 Å². The summed E-state index contributed by atoms with van der Waals surface area (Å²) in [5.41, 5.74) is 0.908. The number of piperidine rings is 1. The van der Waals surface area contributed by atoms with Crippen LogP contribution in [0, 0.1) is 0 Å². The molecule has 2 aromatic rings. The van der Waals surface area contributed by atoms with Crippen molar-refractivity contribution < 1.29 is 9.47 Å². The van der Waals surface area contributed by atoms with Gasteiger partial charge in [-0.3, -0.25) is 5.10 Å². The monoisotopic (exact) mass is 288 g/mol. The normalized spacial score (nSPS) is 18.5. The molecule has 1 aliphatic rings. The van der Waals surface area contributed by atoms with Gasteiger partial charge < -0.3 is 14.8 Å². The van der Waals surface area contributed by atoms with Crippen LogP contribution in [0.4, 0.5) is 0 Å². The fourth-order valence-electron chi connectivity index (χ4n) is 2.62. The first-order valence-electron chi connectivity index (χ1n) is 7.20. The molecular weight excluding hydrogens is 268 g/mol. The summed E-state index contributed by atoms with van der Waals surface area (Å²) in [5, 5.41) is 10.8. The Kier molecular flexibility index (Phi) is 4.06. The Hall–Kier alpha value is -2.08. The van der Waals surface area contributed by atoms with Crippen LogP contribution in [0.1, 0.15) is 31.1 Å². The topological polar surface area (TPSA) is 72.1 Å². The highest BCUT2D eigenvalue weighted by molar-refractivity contribution is 5.60. The molecule has 6 heteroatoms. The first-order chi connectivity index (χ1) is 10.3. The fourth-order valence-corrected chi connectivity index (χ4v) is 2.62. The smallest absolute Gasteiger partial charge is 0.181 e. The van der Waals surface area contributed by atoms with Crippen molar-refractivity contribution in [1.82, 2.24) is 20.5 Å². The van der Waals surface area contributed by atoms with Crippen molar-refractivity contribution >= 4 is 0 Å². The maximum atomic E-state index is 5.32. The molecule has 1 fully saturated rings. The molecule has 0 bridgehead atoms. The van der Waals surface area contributed by atoms with Crippen LogP contribution in [-0.2, 0) is 0 Å². The summed E-state index contributed by atoms with van der Waals surface area (Å²) in [6.45, 7) is 1.04. The van der Waals surface area contributed by atoms with Crippen LogP contribution in [0.3, 0.4) is 0 Å². The third-order valence-corrected chi connectivity index (χ3v) is 3.78. The average Bonchev–Trinajstić information content (AvgIpc) is 3.05. The van der Waals surface area contributed by atoms with Crippen LogP contribution in [-0.4, -0.2) is 35.9 Å². The lowest BCUT2D eigenvalue weighted by molar-refractivity contribution is 0.355. The number of methoxy groups -OCH3 is 2. The molecule has 1 saturated heterocycles. The maximum Gasteiger partial charge on any atom is 0.181 e. The van der Waals surface area contributed by atoms with Gasteiger partial charge in [0.1, 0.15) is 5.82 Å². The van der Waals surface area contributed by atoms with Gasteiger partial charge >= 0.3 is 0 Å². The van der Waals surface area contributed by atoms with Crippen LogP contribution >= 0.6 is 0 Å². The predicted molar refractivity (Wildman–Crippen MR) is 79.5 cm³/mol. The Morgan fingerprint density at radius 1 is 1.14 bits per heavy atom. The van der Waals surface area contributed by atoms with Gasteiger partial charge in [-0.05, 0) is 37.6 Å². The first kappa shape index (κ1) is 13.9. The minimum absolute atomic E-state index is 0.278. The lowest BCUT2D eigenvalue weighted by atomic mass is 10.0. The van der Waals surface area contributed by atoms with Crippen LogP contribution in [0.15, 0.2) is 18.2 Å². The summed E-state index contributed by atoms with van der Waals surface area (Å²) in [6, 6.07) is 5.96. The zero-order valence-electron chi connectivity index (χ0n) is 12.3. The second kappa shape index (κ2) is 6.13. The highest BCUT2D eigenvalue weighted by atomic mass is 16.5. The SMILES string of the molecule is COc1ccc(-c2n[nH]c(C3CCCCN3)n2)cc1OC. The number of H-pyrrole nitrogens is 1. The highest BCUT2D eigenvalue weighted by Gasteiger charge is 2.19. The second-order valence-electron chi connectivity index (χ2n) is 5.12. The van der Waals surface area contributed by atoms with Gasteiger partial charge in [-0.2, -0.15) is 5.10 Å². The largest absolute Gasteiger partial charge is 0.493 e. The Morgan fingerprint density at radius 2 is 2.00 bits per heavy atom. The molecule has 1 aromatic heterocycles. The van der Waals surface area contributed by atoms with Crippen molar-refractivity contribution in [1.29, 1.82) is 0 Å².